The average molecular weight is 371 g/mol. The highest BCUT2D eigenvalue weighted by atomic mass is 79.9. The number of carbonyl (C=O) groups is 1. The smallest absolute Gasteiger partial charge is 0.259 e. The molecule has 1 amide bonds. The van der Waals surface area contributed by atoms with Crippen LogP contribution in [0.4, 0.5) is 14.5 Å². The van der Waals surface area contributed by atoms with Gasteiger partial charge in [0.2, 0.25) is 0 Å². The Labute approximate surface area is 133 Å². The van der Waals surface area contributed by atoms with Gasteiger partial charge < -0.3 is 11.1 Å². The van der Waals surface area contributed by atoms with Gasteiger partial charge in [-0.05, 0) is 46.3 Å². The third kappa shape index (κ3) is 3.43. The van der Waals surface area contributed by atoms with E-state index >= 15 is 0 Å². The molecule has 0 aliphatic rings. The van der Waals surface area contributed by atoms with E-state index in [2.05, 4.69) is 21.2 Å². The highest BCUT2D eigenvalue weighted by Gasteiger charge is 2.16. The molecule has 2 aromatic carbocycles. The summed E-state index contributed by atoms with van der Waals surface area (Å²) < 4.78 is 27.5. The van der Waals surface area contributed by atoms with Gasteiger partial charge in [-0.15, -0.1) is 0 Å². The number of anilines is 1. The molecule has 7 heteroatoms. The zero-order valence-electron chi connectivity index (χ0n) is 10.5. The van der Waals surface area contributed by atoms with Crippen molar-refractivity contribution in [1.82, 2.24) is 0 Å². The predicted molar refractivity (Wildman–Crippen MR) is 84.3 cm³/mol. The van der Waals surface area contributed by atoms with Crippen LogP contribution in [-0.2, 0) is 0 Å². The van der Waals surface area contributed by atoms with Crippen LogP contribution in [0.2, 0.25) is 0 Å². The first-order valence-corrected chi connectivity index (χ1v) is 6.95. The van der Waals surface area contributed by atoms with Crippen molar-refractivity contribution < 1.29 is 13.6 Å². The molecule has 0 saturated heterocycles. The van der Waals surface area contributed by atoms with Crippen LogP contribution in [0.1, 0.15) is 15.9 Å². The number of rotatable bonds is 3. The van der Waals surface area contributed by atoms with Gasteiger partial charge in [-0.1, -0.05) is 18.3 Å². The molecule has 0 aromatic heterocycles. The normalized spacial score (nSPS) is 10.2. The number of hydrogen-bond donors (Lipinski definition) is 2. The Balaban J connectivity index is 2.32. The maximum absolute atomic E-state index is 13.7. The van der Waals surface area contributed by atoms with Crippen LogP contribution in [0.15, 0.2) is 40.9 Å². The Morgan fingerprint density at radius 3 is 2.52 bits per heavy atom. The fourth-order valence-corrected chi connectivity index (χ4v) is 2.38. The molecule has 0 saturated carbocycles. The van der Waals surface area contributed by atoms with Crippen molar-refractivity contribution in [3.05, 3.63) is 63.6 Å². The average Bonchev–Trinajstić information content (AvgIpc) is 2.40. The monoisotopic (exact) mass is 370 g/mol. The van der Waals surface area contributed by atoms with Gasteiger partial charge in [-0.2, -0.15) is 0 Å². The molecule has 0 heterocycles. The van der Waals surface area contributed by atoms with Crippen LogP contribution in [0.5, 0.6) is 0 Å². The van der Waals surface area contributed by atoms with Gasteiger partial charge in [0, 0.05) is 15.7 Å². The number of hydrogen-bond acceptors (Lipinski definition) is 2. The van der Waals surface area contributed by atoms with E-state index in [1.165, 1.54) is 24.3 Å². The lowest BCUT2D eigenvalue weighted by Crippen LogP contribution is -2.16. The minimum Gasteiger partial charge on any atom is -0.389 e. The van der Waals surface area contributed by atoms with Gasteiger partial charge >= 0.3 is 0 Å². The standard InChI is InChI=1S/C14H9BrF2N2OS/c15-9-2-1-3-11(17)12(9)14(20)19-7-4-5-10(16)8(6-7)13(18)21/h1-6H,(H2,18,21)(H,19,20). The van der Waals surface area contributed by atoms with E-state index in [9.17, 15) is 13.6 Å². The first-order valence-electron chi connectivity index (χ1n) is 5.75. The van der Waals surface area contributed by atoms with E-state index in [1.54, 1.807) is 6.07 Å². The number of nitrogens with one attached hydrogen (secondary N) is 1. The second kappa shape index (κ2) is 6.28. The Morgan fingerprint density at radius 1 is 1.19 bits per heavy atom. The molecule has 0 radical (unpaired) electrons. The molecule has 3 N–H and O–H groups in total. The van der Waals surface area contributed by atoms with Crippen molar-refractivity contribution in [2.75, 3.05) is 5.32 Å². The molecule has 0 fully saturated rings. The Hall–Kier alpha value is -1.86. The lowest BCUT2D eigenvalue weighted by molar-refractivity contribution is 0.102. The van der Waals surface area contributed by atoms with E-state index in [-0.39, 0.29) is 21.8 Å². The largest absolute Gasteiger partial charge is 0.389 e. The number of nitrogens with two attached hydrogens (primary N) is 1. The van der Waals surface area contributed by atoms with Gasteiger partial charge in [0.15, 0.2) is 0 Å². The summed E-state index contributed by atoms with van der Waals surface area (Å²) in [6, 6.07) is 7.95. The molecule has 108 valence electrons. The number of halogens is 3. The van der Waals surface area contributed by atoms with Crippen LogP contribution < -0.4 is 11.1 Å². The van der Waals surface area contributed by atoms with E-state index in [0.717, 1.165) is 6.07 Å². The number of amides is 1. The molecule has 3 nitrogen and oxygen atoms in total. The fraction of sp³-hybridized carbons (Fsp3) is 0. The van der Waals surface area contributed by atoms with Crippen molar-refractivity contribution in [3.8, 4) is 0 Å². The van der Waals surface area contributed by atoms with Crippen LogP contribution in [-0.4, -0.2) is 10.9 Å². The van der Waals surface area contributed by atoms with E-state index in [1.807, 2.05) is 0 Å². The second-order valence-corrected chi connectivity index (χ2v) is 5.40. The number of thiocarbonyl (C=S) groups is 1. The molecule has 2 rings (SSSR count). The lowest BCUT2D eigenvalue weighted by atomic mass is 10.1. The van der Waals surface area contributed by atoms with Crippen molar-refractivity contribution in [3.63, 3.8) is 0 Å². The molecule has 0 unspecified atom stereocenters. The van der Waals surface area contributed by atoms with Gasteiger partial charge in [0.1, 0.15) is 16.6 Å². The van der Waals surface area contributed by atoms with Crippen molar-refractivity contribution in [2.24, 2.45) is 5.73 Å². The third-order valence-electron chi connectivity index (χ3n) is 2.68. The summed E-state index contributed by atoms with van der Waals surface area (Å²) in [7, 11) is 0. The van der Waals surface area contributed by atoms with Crippen LogP contribution >= 0.6 is 28.1 Å². The molecular weight excluding hydrogens is 362 g/mol. The SMILES string of the molecule is NC(=S)c1cc(NC(=O)c2c(F)cccc2Br)ccc1F. The molecule has 2 aromatic rings. The molecule has 0 bridgehead atoms. The second-order valence-electron chi connectivity index (χ2n) is 4.11. The van der Waals surface area contributed by atoms with Crippen molar-refractivity contribution in [1.29, 1.82) is 0 Å². The highest BCUT2D eigenvalue weighted by Crippen LogP contribution is 2.22. The van der Waals surface area contributed by atoms with Gasteiger partial charge in [-0.25, -0.2) is 8.78 Å². The Kier molecular flexibility index (Phi) is 4.64. The summed E-state index contributed by atoms with van der Waals surface area (Å²) in [5.74, 6) is -1.92. The summed E-state index contributed by atoms with van der Waals surface area (Å²) in [4.78, 5) is 12.0. The molecule has 21 heavy (non-hydrogen) atoms. The van der Waals surface area contributed by atoms with Crippen LogP contribution in [0, 0.1) is 11.6 Å². The predicted octanol–water partition coefficient (Wildman–Crippen LogP) is 3.61. The maximum atomic E-state index is 13.7. The van der Waals surface area contributed by atoms with E-state index in [0.29, 0.717) is 4.47 Å². The molecule has 0 aliphatic carbocycles. The zero-order chi connectivity index (χ0) is 15.6. The zero-order valence-corrected chi connectivity index (χ0v) is 12.9. The van der Waals surface area contributed by atoms with Gasteiger partial charge in [0.25, 0.3) is 5.91 Å². The third-order valence-corrected chi connectivity index (χ3v) is 3.56. The van der Waals surface area contributed by atoms with Crippen LogP contribution in [0.25, 0.3) is 0 Å². The van der Waals surface area contributed by atoms with Crippen LogP contribution in [0.3, 0.4) is 0 Å². The molecular formula is C14H9BrF2N2OS. The Bertz CT molecular complexity index is 717. The van der Waals surface area contributed by atoms with Gasteiger partial charge in [0.05, 0.1) is 5.56 Å². The van der Waals surface area contributed by atoms with Gasteiger partial charge in [-0.3, -0.25) is 4.79 Å². The number of carbonyl (C=O) groups excluding carboxylic acids is 1. The minimum absolute atomic E-state index is 0.00963. The summed E-state index contributed by atoms with van der Waals surface area (Å²) in [6.07, 6.45) is 0. The molecule has 0 atom stereocenters. The van der Waals surface area contributed by atoms with E-state index in [4.69, 9.17) is 18.0 Å². The van der Waals surface area contributed by atoms with Crippen molar-refractivity contribution >= 4 is 44.7 Å². The first kappa shape index (κ1) is 15.5. The summed E-state index contributed by atoms with van der Waals surface area (Å²) in [5.41, 5.74) is 5.52. The molecule has 0 spiro atoms. The van der Waals surface area contributed by atoms with E-state index < -0.39 is 17.5 Å². The summed E-state index contributed by atoms with van der Waals surface area (Å²) in [5, 5.41) is 2.47. The number of benzene rings is 2. The maximum Gasteiger partial charge on any atom is 0.259 e. The molecule has 0 aliphatic heterocycles. The topological polar surface area (TPSA) is 55.1 Å². The first-order chi connectivity index (χ1) is 9.90. The minimum atomic E-state index is -0.668. The van der Waals surface area contributed by atoms with Crippen molar-refractivity contribution in [2.45, 2.75) is 0 Å². The highest BCUT2D eigenvalue weighted by molar-refractivity contribution is 9.10. The Morgan fingerprint density at radius 2 is 1.90 bits per heavy atom. The quantitative estimate of drug-likeness (QED) is 0.811. The summed E-state index contributed by atoms with van der Waals surface area (Å²) in [6.45, 7) is 0. The fourth-order valence-electron chi connectivity index (χ4n) is 1.70. The summed E-state index contributed by atoms with van der Waals surface area (Å²) >= 11 is 7.82. The lowest BCUT2D eigenvalue weighted by Gasteiger charge is -2.09.